The first-order valence-electron chi connectivity index (χ1n) is 9.00. The van der Waals surface area contributed by atoms with Gasteiger partial charge in [-0.15, -0.1) is 0 Å². The van der Waals surface area contributed by atoms with Crippen LogP contribution in [0.2, 0.25) is 0 Å². The van der Waals surface area contributed by atoms with Gasteiger partial charge in [0, 0.05) is 36.1 Å². The second-order valence-electron chi connectivity index (χ2n) is 6.41. The molecule has 136 valence electrons. The van der Waals surface area contributed by atoms with Gasteiger partial charge in [-0.2, -0.15) is 0 Å². The molecule has 0 atom stereocenters. The van der Waals surface area contributed by atoms with E-state index in [9.17, 15) is 0 Å². The molecule has 5 nitrogen and oxygen atoms in total. The van der Waals surface area contributed by atoms with Gasteiger partial charge in [0.2, 0.25) is 0 Å². The molecule has 2 N–H and O–H groups in total. The van der Waals surface area contributed by atoms with E-state index in [0.717, 1.165) is 39.2 Å². The van der Waals surface area contributed by atoms with Crippen molar-refractivity contribution in [2.75, 3.05) is 7.05 Å². The molecule has 0 radical (unpaired) electrons. The normalized spacial score (nSPS) is 11.9. The van der Waals surface area contributed by atoms with Crippen LogP contribution >= 0.6 is 0 Å². The SMILES string of the molecule is CN=C(NCc1oc2ccccc2c1C)NCc1ccnc2ccccc12. The Kier molecular flexibility index (Phi) is 4.75. The van der Waals surface area contributed by atoms with Crippen molar-refractivity contribution < 1.29 is 4.42 Å². The number of aryl methyl sites for hydroxylation is 1. The van der Waals surface area contributed by atoms with Crippen LogP contribution in [-0.2, 0) is 13.1 Å². The van der Waals surface area contributed by atoms with Gasteiger partial charge in [-0.05, 0) is 30.7 Å². The average molecular weight is 358 g/mol. The van der Waals surface area contributed by atoms with Crippen LogP contribution in [0, 0.1) is 6.92 Å². The Labute approximate surface area is 158 Å². The number of fused-ring (bicyclic) bond motifs is 2. The van der Waals surface area contributed by atoms with E-state index in [2.05, 4.69) is 39.7 Å². The standard InChI is InChI=1S/C22H22N4O/c1-15-17-7-4-6-10-20(17)27-21(15)14-26-22(23-2)25-13-16-11-12-24-19-9-5-3-8-18(16)19/h3-12H,13-14H2,1-2H3,(H2,23,25,26). The lowest BCUT2D eigenvalue weighted by Gasteiger charge is -2.12. The van der Waals surface area contributed by atoms with Crippen LogP contribution in [0.25, 0.3) is 21.9 Å². The molecule has 0 spiro atoms. The molecule has 0 unspecified atom stereocenters. The summed E-state index contributed by atoms with van der Waals surface area (Å²) in [5.74, 6) is 1.66. The number of hydrogen-bond donors (Lipinski definition) is 2. The fraction of sp³-hybridized carbons (Fsp3) is 0.182. The van der Waals surface area contributed by atoms with Crippen molar-refractivity contribution >= 4 is 27.8 Å². The number of para-hydroxylation sites is 2. The number of aliphatic imine (C=N–C) groups is 1. The minimum absolute atomic E-state index is 0.581. The summed E-state index contributed by atoms with van der Waals surface area (Å²) in [5.41, 5.74) is 4.26. The third-order valence-corrected chi connectivity index (χ3v) is 4.77. The minimum atomic E-state index is 0.581. The van der Waals surface area contributed by atoms with Crippen molar-refractivity contribution in [2.24, 2.45) is 4.99 Å². The van der Waals surface area contributed by atoms with Gasteiger partial charge in [-0.1, -0.05) is 36.4 Å². The van der Waals surface area contributed by atoms with Crippen molar-refractivity contribution in [3.63, 3.8) is 0 Å². The third kappa shape index (κ3) is 3.49. The van der Waals surface area contributed by atoms with E-state index in [0.29, 0.717) is 13.1 Å². The van der Waals surface area contributed by atoms with Gasteiger partial charge in [0.15, 0.2) is 5.96 Å². The predicted octanol–water partition coefficient (Wildman–Crippen LogP) is 4.15. The summed E-state index contributed by atoms with van der Waals surface area (Å²) in [4.78, 5) is 8.73. The highest BCUT2D eigenvalue weighted by Gasteiger charge is 2.10. The van der Waals surface area contributed by atoms with Crippen LogP contribution in [0.5, 0.6) is 0 Å². The number of furan rings is 1. The van der Waals surface area contributed by atoms with E-state index in [-0.39, 0.29) is 0 Å². The molecular formula is C22H22N4O. The van der Waals surface area contributed by atoms with Gasteiger partial charge in [0.25, 0.3) is 0 Å². The zero-order valence-corrected chi connectivity index (χ0v) is 15.5. The summed E-state index contributed by atoms with van der Waals surface area (Å²) in [5, 5.41) is 9.01. The number of nitrogens with one attached hydrogen (secondary N) is 2. The van der Waals surface area contributed by atoms with Crippen molar-refractivity contribution in [1.82, 2.24) is 15.6 Å². The molecule has 0 amide bonds. The van der Waals surface area contributed by atoms with E-state index < -0.39 is 0 Å². The Morgan fingerprint density at radius 2 is 1.70 bits per heavy atom. The van der Waals surface area contributed by atoms with Gasteiger partial charge in [-0.25, -0.2) is 0 Å². The Balaban J connectivity index is 1.44. The molecule has 2 aromatic carbocycles. The Hall–Kier alpha value is -3.34. The highest BCUT2D eigenvalue weighted by atomic mass is 16.3. The Morgan fingerprint density at radius 3 is 2.52 bits per heavy atom. The summed E-state index contributed by atoms with van der Waals surface area (Å²) >= 11 is 0. The quantitative estimate of drug-likeness (QED) is 0.425. The van der Waals surface area contributed by atoms with Gasteiger partial charge in [-0.3, -0.25) is 9.98 Å². The number of pyridine rings is 1. The minimum Gasteiger partial charge on any atom is -0.459 e. The Bertz CT molecular complexity index is 1110. The molecule has 0 fully saturated rings. The highest BCUT2D eigenvalue weighted by Crippen LogP contribution is 2.24. The maximum Gasteiger partial charge on any atom is 0.191 e. The number of rotatable bonds is 4. The molecule has 0 aliphatic rings. The van der Waals surface area contributed by atoms with Crippen molar-refractivity contribution in [1.29, 1.82) is 0 Å². The van der Waals surface area contributed by atoms with Crippen LogP contribution in [0.4, 0.5) is 0 Å². The second-order valence-corrected chi connectivity index (χ2v) is 6.41. The van der Waals surface area contributed by atoms with Crippen molar-refractivity contribution in [3.8, 4) is 0 Å². The lowest BCUT2D eigenvalue weighted by atomic mass is 10.1. The highest BCUT2D eigenvalue weighted by molar-refractivity contribution is 5.84. The molecule has 0 saturated heterocycles. The van der Waals surface area contributed by atoms with Crippen LogP contribution < -0.4 is 10.6 Å². The number of aromatic nitrogens is 1. The third-order valence-electron chi connectivity index (χ3n) is 4.77. The Morgan fingerprint density at radius 1 is 0.963 bits per heavy atom. The van der Waals surface area contributed by atoms with E-state index in [1.807, 2.05) is 48.7 Å². The summed E-state index contributed by atoms with van der Waals surface area (Å²) in [6, 6.07) is 18.3. The molecule has 2 heterocycles. The molecule has 2 aromatic heterocycles. The van der Waals surface area contributed by atoms with Crippen molar-refractivity contribution in [2.45, 2.75) is 20.0 Å². The van der Waals surface area contributed by atoms with E-state index in [1.165, 1.54) is 5.56 Å². The summed E-state index contributed by atoms with van der Waals surface area (Å²) in [6.07, 6.45) is 1.84. The summed E-state index contributed by atoms with van der Waals surface area (Å²) in [7, 11) is 1.77. The molecule has 4 rings (SSSR count). The number of guanidine groups is 1. The van der Waals surface area contributed by atoms with Crippen molar-refractivity contribution in [3.05, 3.63) is 77.7 Å². The van der Waals surface area contributed by atoms with Crippen LogP contribution in [-0.4, -0.2) is 18.0 Å². The smallest absolute Gasteiger partial charge is 0.191 e. The maximum absolute atomic E-state index is 5.96. The molecular weight excluding hydrogens is 336 g/mol. The fourth-order valence-corrected chi connectivity index (χ4v) is 3.27. The lowest BCUT2D eigenvalue weighted by molar-refractivity contribution is 0.534. The van der Waals surface area contributed by atoms with E-state index >= 15 is 0 Å². The number of hydrogen-bond acceptors (Lipinski definition) is 3. The van der Waals surface area contributed by atoms with E-state index in [1.54, 1.807) is 7.05 Å². The first-order valence-corrected chi connectivity index (χ1v) is 9.00. The van der Waals surface area contributed by atoms with Crippen LogP contribution in [0.1, 0.15) is 16.9 Å². The predicted molar refractivity (Wildman–Crippen MR) is 110 cm³/mol. The monoisotopic (exact) mass is 358 g/mol. The zero-order chi connectivity index (χ0) is 18.6. The molecule has 0 bridgehead atoms. The molecule has 0 aliphatic carbocycles. The molecule has 0 aliphatic heterocycles. The van der Waals surface area contributed by atoms with Crippen LogP contribution in [0.3, 0.4) is 0 Å². The molecule has 4 aromatic rings. The molecule has 5 heteroatoms. The van der Waals surface area contributed by atoms with Crippen LogP contribution in [0.15, 0.2) is 70.2 Å². The first-order chi connectivity index (χ1) is 13.3. The van der Waals surface area contributed by atoms with E-state index in [4.69, 9.17) is 4.42 Å². The van der Waals surface area contributed by atoms with Gasteiger partial charge < -0.3 is 15.1 Å². The lowest BCUT2D eigenvalue weighted by Crippen LogP contribution is -2.36. The largest absolute Gasteiger partial charge is 0.459 e. The van der Waals surface area contributed by atoms with Gasteiger partial charge in [0.1, 0.15) is 11.3 Å². The zero-order valence-electron chi connectivity index (χ0n) is 15.5. The number of nitrogens with zero attached hydrogens (tertiary/aromatic N) is 2. The van der Waals surface area contributed by atoms with Gasteiger partial charge in [0.05, 0.1) is 12.1 Å². The summed E-state index contributed by atoms with van der Waals surface area (Å²) < 4.78 is 5.96. The molecule has 27 heavy (non-hydrogen) atoms. The first kappa shape index (κ1) is 17.1. The fourth-order valence-electron chi connectivity index (χ4n) is 3.27. The summed E-state index contributed by atoms with van der Waals surface area (Å²) in [6.45, 7) is 3.33. The average Bonchev–Trinajstić information content (AvgIpc) is 3.04. The van der Waals surface area contributed by atoms with Gasteiger partial charge >= 0.3 is 0 Å². The topological polar surface area (TPSA) is 62.5 Å². The maximum atomic E-state index is 5.96. The number of benzene rings is 2. The molecule has 0 saturated carbocycles. The second kappa shape index (κ2) is 7.50.